The SMILES string of the molecule is CNC1CCCN(c2ncccc2[N+](=O)[O-])C1.Cl. The van der Waals surface area contributed by atoms with Gasteiger partial charge in [0.15, 0.2) is 0 Å². The van der Waals surface area contributed by atoms with E-state index in [2.05, 4.69) is 10.3 Å². The summed E-state index contributed by atoms with van der Waals surface area (Å²) in [5.41, 5.74) is 0.0873. The van der Waals surface area contributed by atoms with Crippen LogP contribution in [0.4, 0.5) is 11.5 Å². The number of hydrogen-bond donors (Lipinski definition) is 1. The molecule has 1 aliphatic heterocycles. The van der Waals surface area contributed by atoms with Crippen LogP contribution in [-0.2, 0) is 0 Å². The number of halogens is 1. The second-order valence-corrected chi connectivity index (χ2v) is 4.18. The van der Waals surface area contributed by atoms with E-state index in [1.54, 1.807) is 12.3 Å². The highest BCUT2D eigenvalue weighted by molar-refractivity contribution is 5.85. The Hall–Kier alpha value is -1.40. The van der Waals surface area contributed by atoms with Crippen molar-refractivity contribution in [3.05, 3.63) is 28.4 Å². The Balaban J connectivity index is 0.00000162. The second-order valence-electron chi connectivity index (χ2n) is 4.18. The van der Waals surface area contributed by atoms with Gasteiger partial charge in [-0.3, -0.25) is 10.1 Å². The van der Waals surface area contributed by atoms with Crippen LogP contribution in [-0.4, -0.2) is 36.1 Å². The number of nitrogens with one attached hydrogen (secondary N) is 1. The zero-order valence-corrected chi connectivity index (χ0v) is 11.0. The molecule has 1 N–H and O–H groups in total. The standard InChI is InChI=1S/C11H16N4O2.ClH/c1-12-9-4-3-7-14(8-9)11-10(15(16)17)5-2-6-13-11;/h2,5-6,9,12H,3-4,7-8H2,1H3;1H. The van der Waals surface area contributed by atoms with Gasteiger partial charge < -0.3 is 10.2 Å². The molecule has 0 amide bonds. The summed E-state index contributed by atoms with van der Waals surface area (Å²) in [6.45, 7) is 1.60. The molecule has 1 unspecified atom stereocenters. The van der Waals surface area contributed by atoms with Gasteiger partial charge in [-0.25, -0.2) is 4.98 Å². The van der Waals surface area contributed by atoms with E-state index in [0.717, 1.165) is 25.9 Å². The molecule has 0 bridgehead atoms. The van der Waals surface area contributed by atoms with E-state index in [4.69, 9.17) is 0 Å². The Kier molecular flexibility index (Phi) is 5.30. The van der Waals surface area contributed by atoms with Gasteiger partial charge in [0.05, 0.1) is 4.92 Å². The number of pyridine rings is 1. The Labute approximate surface area is 112 Å². The average molecular weight is 273 g/mol. The largest absolute Gasteiger partial charge is 0.349 e. The molecular formula is C11H17ClN4O2. The predicted molar refractivity (Wildman–Crippen MR) is 72.4 cm³/mol. The van der Waals surface area contributed by atoms with Gasteiger partial charge in [0.25, 0.3) is 0 Å². The highest BCUT2D eigenvalue weighted by Gasteiger charge is 2.25. The molecule has 2 heterocycles. The number of rotatable bonds is 3. The summed E-state index contributed by atoms with van der Waals surface area (Å²) in [6.07, 6.45) is 3.73. The first-order valence-corrected chi connectivity index (χ1v) is 5.74. The molecule has 100 valence electrons. The molecule has 1 atom stereocenters. The fourth-order valence-electron chi connectivity index (χ4n) is 2.18. The molecular weight excluding hydrogens is 256 g/mol. The van der Waals surface area contributed by atoms with E-state index in [0.29, 0.717) is 11.9 Å². The van der Waals surface area contributed by atoms with Crippen molar-refractivity contribution in [2.45, 2.75) is 18.9 Å². The summed E-state index contributed by atoms with van der Waals surface area (Å²) in [7, 11) is 1.92. The van der Waals surface area contributed by atoms with Gasteiger partial charge in [-0.2, -0.15) is 0 Å². The van der Waals surface area contributed by atoms with Gasteiger partial charge in [0.1, 0.15) is 0 Å². The molecule has 0 saturated carbocycles. The van der Waals surface area contributed by atoms with Gasteiger partial charge in [-0.15, -0.1) is 12.4 Å². The van der Waals surface area contributed by atoms with Crippen LogP contribution >= 0.6 is 12.4 Å². The van der Waals surface area contributed by atoms with Gasteiger partial charge in [0, 0.05) is 31.4 Å². The molecule has 1 aliphatic rings. The van der Waals surface area contributed by atoms with E-state index in [1.165, 1.54) is 6.07 Å². The summed E-state index contributed by atoms with van der Waals surface area (Å²) < 4.78 is 0. The molecule has 0 radical (unpaired) electrons. The van der Waals surface area contributed by atoms with E-state index in [1.807, 2.05) is 11.9 Å². The molecule has 1 saturated heterocycles. The van der Waals surface area contributed by atoms with Gasteiger partial charge in [-0.1, -0.05) is 0 Å². The third-order valence-electron chi connectivity index (χ3n) is 3.09. The van der Waals surface area contributed by atoms with Crippen molar-refractivity contribution >= 4 is 23.9 Å². The summed E-state index contributed by atoms with van der Waals surface area (Å²) >= 11 is 0. The van der Waals surface area contributed by atoms with E-state index >= 15 is 0 Å². The van der Waals surface area contributed by atoms with Crippen LogP contribution < -0.4 is 10.2 Å². The molecule has 6 nitrogen and oxygen atoms in total. The number of nitro groups is 1. The quantitative estimate of drug-likeness (QED) is 0.668. The highest BCUT2D eigenvalue weighted by Crippen LogP contribution is 2.27. The molecule has 7 heteroatoms. The maximum atomic E-state index is 10.9. The van der Waals surface area contributed by atoms with Crippen molar-refractivity contribution in [1.29, 1.82) is 0 Å². The van der Waals surface area contributed by atoms with Crippen molar-refractivity contribution in [3.8, 4) is 0 Å². The van der Waals surface area contributed by atoms with Crippen LogP contribution in [0.25, 0.3) is 0 Å². The van der Waals surface area contributed by atoms with Gasteiger partial charge in [0.2, 0.25) is 5.82 Å². The molecule has 1 fully saturated rings. The minimum absolute atomic E-state index is 0. The Morgan fingerprint density at radius 1 is 1.61 bits per heavy atom. The van der Waals surface area contributed by atoms with Crippen LogP contribution in [0.3, 0.4) is 0 Å². The van der Waals surface area contributed by atoms with E-state index in [9.17, 15) is 10.1 Å². The molecule has 0 aliphatic carbocycles. The van der Waals surface area contributed by atoms with Crippen LogP contribution in [0.5, 0.6) is 0 Å². The topological polar surface area (TPSA) is 71.3 Å². The maximum Gasteiger partial charge on any atom is 0.311 e. The first-order valence-electron chi connectivity index (χ1n) is 5.74. The minimum atomic E-state index is -0.370. The average Bonchev–Trinajstić information content (AvgIpc) is 2.39. The number of anilines is 1. The molecule has 0 aromatic carbocycles. The third-order valence-corrected chi connectivity index (χ3v) is 3.09. The number of nitrogens with zero attached hydrogens (tertiary/aromatic N) is 3. The predicted octanol–water partition coefficient (Wildman–Crippen LogP) is 1.60. The number of aromatic nitrogens is 1. The molecule has 0 spiro atoms. The van der Waals surface area contributed by atoms with Crippen LogP contribution in [0, 0.1) is 10.1 Å². The lowest BCUT2D eigenvalue weighted by Gasteiger charge is -2.32. The lowest BCUT2D eigenvalue weighted by atomic mass is 10.1. The van der Waals surface area contributed by atoms with E-state index in [-0.39, 0.29) is 23.0 Å². The van der Waals surface area contributed by atoms with Crippen LogP contribution in [0.2, 0.25) is 0 Å². The normalized spacial score (nSPS) is 19.2. The van der Waals surface area contributed by atoms with Crippen LogP contribution in [0.15, 0.2) is 18.3 Å². The second kappa shape index (κ2) is 6.51. The maximum absolute atomic E-state index is 10.9. The van der Waals surface area contributed by atoms with Gasteiger partial charge >= 0.3 is 5.69 Å². The summed E-state index contributed by atoms with van der Waals surface area (Å²) in [5.74, 6) is 0.484. The fraction of sp³-hybridized carbons (Fsp3) is 0.545. The Morgan fingerprint density at radius 2 is 2.39 bits per heavy atom. The van der Waals surface area contributed by atoms with Crippen molar-refractivity contribution in [1.82, 2.24) is 10.3 Å². The number of likely N-dealkylation sites (N-methyl/N-ethyl adjacent to an activating group) is 1. The lowest BCUT2D eigenvalue weighted by Crippen LogP contribution is -2.44. The molecule has 18 heavy (non-hydrogen) atoms. The first kappa shape index (κ1) is 14.7. The highest BCUT2D eigenvalue weighted by atomic mass is 35.5. The number of piperidine rings is 1. The third kappa shape index (κ3) is 3.08. The first-order chi connectivity index (χ1) is 8.22. The summed E-state index contributed by atoms with van der Waals surface area (Å²) in [6, 6.07) is 3.48. The zero-order chi connectivity index (χ0) is 12.3. The van der Waals surface area contributed by atoms with Gasteiger partial charge in [-0.05, 0) is 26.0 Å². The van der Waals surface area contributed by atoms with Crippen LogP contribution in [0.1, 0.15) is 12.8 Å². The smallest absolute Gasteiger partial charge is 0.311 e. The van der Waals surface area contributed by atoms with E-state index < -0.39 is 0 Å². The summed E-state index contributed by atoms with van der Waals surface area (Å²) in [4.78, 5) is 16.7. The Morgan fingerprint density at radius 3 is 3.06 bits per heavy atom. The minimum Gasteiger partial charge on any atom is -0.349 e. The molecule has 1 aromatic heterocycles. The molecule has 1 aromatic rings. The van der Waals surface area contributed by atoms with Crippen molar-refractivity contribution in [2.75, 3.05) is 25.0 Å². The van der Waals surface area contributed by atoms with Crippen molar-refractivity contribution in [2.24, 2.45) is 0 Å². The zero-order valence-electron chi connectivity index (χ0n) is 10.2. The lowest BCUT2D eigenvalue weighted by molar-refractivity contribution is -0.384. The monoisotopic (exact) mass is 272 g/mol. The van der Waals surface area contributed by atoms with Crippen molar-refractivity contribution < 1.29 is 4.92 Å². The Bertz CT molecular complexity index is 416. The summed E-state index contributed by atoms with van der Waals surface area (Å²) in [5, 5.41) is 14.2. The van der Waals surface area contributed by atoms with Crippen molar-refractivity contribution in [3.63, 3.8) is 0 Å². The molecule has 2 rings (SSSR count). The number of hydrogen-bond acceptors (Lipinski definition) is 5. The fourth-order valence-corrected chi connectivity index (χ4v) is 2.18.